The number of carbonyl (C=O) groups excluding carboxylic acids is 1. The van der Waals surface area contributed by atoms with E-state index in [-0.39, 0.29) is 10.8 Å². The SMILES string of the molecule is CN(C)S(=O)(=O)c1cccc(C(=O)NCc2ccc(N3CCCCC3)cc2)c1. The van der Waals surface area contributed by atoms with Crippen molar-refractivity contribution in [1.29, 1.82) is 0 Å². The fourth-order valence-corrected chi connectivity index (χ4v) is 4.22. The first-order chi connectivity index (χ1) is 13.4. The molecule has 1 N–H and O–H groups in total. The fourth-order valence-electron chi connectivity index (χ4n) is 3.27. The number of sulfonamides is 1. The maximum Gasteiger partial charge on any atom is 0.251 e. The summed E-state index contributed by atoms with van der Waals surface area (Å²) in [5.74, 6) is -0.295. The molecule has 0 aromatic heterocycles. The summed E-state index contributed by atoms with van der Waals surface area (Å²) in [6.45, 7) is 2.59. The van der Waals surface area contributed by atoms with Gasteiger partial charge in [0, 0.05) is 45.0 Å². The van der Waals surface area contributed by atoms with Gasteiger partial charge in [0.15, 0.2) is 0 Å². The molecule has 3 rings (SSSR count). The first-order valence-corrected chi connectivity index (χ1v) is 11.0. The largest absolute Gasteiger partial charge is 0.372 e. The lowest BCUT2D eigenvalue weighted by Crippen LogP contribution is -2.29. The lowest BCUT2D eigenvalue weighted by atomic mass is 10.1. The summed E-state index contributed by atoms with van der Waals surface area (Å²) in [4.78, 5) is 15.0. The van der Waals surface area contributed by atoms with Gasteiger partial charge in [0.25, 0.3) is 5.91 Å². The van der Waals surface area contributed by atoms with Crippen molar-refractivity contribution in [2.45, 2.75) is 30.7 Å². The Kier molecular flexibility index (Phi) is 6.36. The molecule has 0 spiro atoms. The van der Waals surface area contributed by atoms with Crippen molar-refractivity contribution < 1.29 is 13.2 Å². The average Bonchev–Trinajstić information content (AvgIpc) is 2.73. The molecule has 1 aliphatic rings. The number of piperidine rings is 1. The van der Waals surface area contributed by atoms with Crippen molar-refractivity contribution in [3.8, 4) is 0 Å². The van der Waals surface area contributed by atoms with Crippen LogP contribution in [0.25, 0.3) is 0 Å². The Morgan fingerprint density at radius 3 is 2.36 bits per heavy atom. The van der Waals surface area contributed by atoms with Gasteiger partial charge in [-0.3, -0.25) is 4.79 Å². The average molecular weight is 402 g/mol. The highest BCUT2D eigenvalue weighted by Crippen LogP contribution is 2.20. The van der Waals surface area contributed by atoms with E-state index in [1.165, 1.54) is 51.2 Å². The predicted molar refractivity (Wildman–Crippen MR) is 111 cm³/mol. The minimum absolute atomic E-state index is 0.107. The van der Waals surface area contributed by atoms with Crippen LogP contribution in [-0.2, 0) is 16.6 Å². The zero-order chi connectivity index (χ0) is 20.1. The first-order valence-electron chi connectivity index (χ1n) is 9.52. The smallest absolute Gasteiger partial charge is 0.251 e. The number of carbonyl (C=O) groups is 1. The molecule has 2 aromatic carbocycles. The third-order valence-corrected chi connectivity index (χ3v) is 6.80. The van der Waals surface area contributed by atoms with E-state index in [0.717, 1.165) is 23.0 Å². The van der Waals surface area contributed by atoms with E-state index in [1.54, 1.807) is 12.1 Å². The zero-order valence-electron chi connectivity index (χ0n) is 16.4. The van der Waals surface area contributed by atoms with E-state index in [0.29, 0.717) is 12.1 Å². The number of benzene rings is 2. The minimum Gasteiger partial charge on any atom is -0.372 e. The van der Waals surface area contributed by atoms with Crippen LogP contribution in [0.3, 0.4) is 0 Å². The molecule has 6 nitrogen and oxygen atoms in total. The molecule has 2 aromatic rings. The maximum absolute atomic E-state index is 12.5. The number of amides is 1. The molecule has 1 aliphatic heterocycles. The molecule has 0 bridgehead atoms. The van der Waals surface area contributed by atoms with Crippen LogP contribution < -0.4 is 10.2 Å². The van der Waals surface area contributed by atoms with Gasteiger partial charge in [0.05, 0.1) is 4.90 Å². The number of rotatable bonds is 6. The van der Waals surface area contributed by atoms with Gasteiger partial charge in [-0.15, -0.1) is 0 Å². The second-order valence-electron chi connectivity index (χ2n) is 7.21. The Morgan fingerprint density at radius 1 is 1.04 bits per heavy atom. The third kappa shape index (κ3) is 4.72. The van der Waals surface area contributed by atoms with Crippen LogP contribution in [0.4, 0.5) is 5.69 Å². The quantitative estimate of drug-likeness (QED) is 0.808. The number of anilines is 1. The van der Waals surface area contributed by atoms with E-state index in [1.807, 2.05) is 12.1 Å². The van der Waals surface area contributed by atoms with E-state index < -0.39 is 10.0 Å². The summed E-state index contributed by atoms with van der Waals surface area (Å²) in [7, 11) is -0.631. The van der Waals surface area contributed by atoms with E-state index in [4.69, 9.17) is 0 Å². The van der Waals surface area contributed by atoms with E-state index >= 15 is 0 Å². The highest BCUT2D eigenvalue weighted by atomic mass is 32.2. The fraction of sp³-hybridized carbons (Fsp3) is 0.381. The van der Waals surface area contributed by atoms with Crippen LogP contribution >= 0.6 is 0 Å². The van der Waals surface area contributed by atoms with Crippen LogP contribution in [0.2, 0.25) is 0 Å². The molecule has 150 valence electrons. The number of nitrogens with zero attached hydrogens (tertiary/aromatic N) is 2. The number of hydrogen-bond acceptors (Lipinski definition) is 4. The van der Waals surface area contributed by atoms with E-state index in [2.05, 4.69) is 22.3 Å². The van der Waals surface area contributed by atoms with E-state index in [9.17, 15) is 13.2 Å². The van der Waals surface area contributed by atoms with Crippen LogP contribution in [-0.4, -0.2) is 45.8 Å². The van der Waals surface area contributed by atoms with Gasteiger partial charge in [-0.2, -0.15) is 0 Å². The lowest BCUT2D eigenvalue weighted by Gasteiger charge is -2.28. The topological polar surface area (TPSA) is 69.7 Å². The highest BCUT2D eigenvalue weighted by molar-refractivity contribution is 7.89. The number of hydrogen-bond donors (Lipinski definition) is 1. The van der Waals surface area contributed by atoms with Gasteiger partial charge >= 0.3 is 0 Å². The molecule has 0 atom stereocenters. The predicted octanol–water partition coefficient (Wildman–Crippen LogP) is 2.86. The van der Waals surface area contributed by atoms with Crippen molar-refractivity contribution in [3.63, 3.8) is 0 Å². The van der Waals surface area contributed by atoms with Crippen molar-refractivity contribution in [2.75, 3.05) is 32.1 Å². The molecule has 0 unspecified atom stereocenters. The van der Waals surface area contributed by atoms with Crippen LogP contribution in [0.15, 0.2) is 53.4 Å². The molecule has 0 saturated carbocycles. The Labute approximate surface area is 167 Å². The summed E-state index contributed by atoms with van der Waals surface area (Å²) in [6.07, 6.45) is 3.78. The monoisotopic (exact) mass is 401 g/mol. The summed E-state index contributed by atoms with van der Waals surface area (Å²) in [6, 6.07) is 14.3. The van der Waals surface area contributed by atoms with Crippen molar-refractivity contribution >= 4 is 21.6 Å². The maximum atomic E-state index is 12.5. The molecular formula is C21H27N3O3S. The summed E-state index contributed by atoms with van der Waals surface area (Å²) >= 11 is 0. The summed E-state index contributed by atoms with van der Waals surface area (Å²) in [5, 5.41) is 2.86. The minimum atomic E-state index is -3.57. The van der Waals surface area contributed by atoms with Crippen LogP contribution in [0.1, 0.15) is 35.2 Å². The van der Waals surface area contributed by atoms with Gasteiger partial charge in [0.2, 0.25) is 10.0 Å². The molecular weight excluding hydrogens is 374 g/mol. The molecule has 1 heterocycles. The van der Waals surface area contributed by atoms with Gasteiger partial charge in [0.1, 0.15) is 0 Å². The molecule has 0 aliphatic carbocycles. The highest BCUT2D eigenvalue weighted by Gasteiger charge is 2.18. The molecule has 1 saturated heterocycles. The molecule has 0 radical (unpaired) electrons. The van der Waals surface area contributed by atoms with Crippen LogP contribution in [0.5, 0.6) is 0 Å². The van der Waals surface area contributed by atoms with Crippen molar-refractivity contribution in [3.05, 3.63) is 59.7 Å². The molecule has 7 heteroatoms. The normalized spacial score (nSPS) is 14.9. The second-order valence-corrected chi connectivity index (χ2v) is 9.36. The second kappa shape index (κ2) is 8.75. The Hall–Kier alpha value is -2.38. The Morgan fingerprint density at radius 2 is 1.71 bits per heavy atom. The Balaban J connectivity index is 1.62. The number of nitrogens with one attached hydrogen (secondary N) is 1. The molecule has 28 heavy (non-hydrogen) atoms. The lowest BCUT2D eigenvalue weighted by molar-refractivity contribution is 0.0950. The van der Waals surface area contributed by atoms with Gasteiger partial charge in [-0.1, -0.05) is 18.2 Å². The summed E-state index contributed by atoms with van der Waals surface area (Å²) < 4.78 is 25.6. The van der Waals surface area contributed by atoms with Crippen molar-refractivity contribution in [1.82, 2.24) is 9.62 Å². The zero-order valence-corrected chi connectivity index (χ0v) is 17.2. The van der Waals surface area contributed by atoms with Gasteiger partial charge in [-0.25, -0.2) is 12.7 Å². The van der Waals surface area contributed by atoms with Gasteiger partial charge in [-0.05, 0) is 55.2 Å². The third-order valence-electron chi connectivity index (χ3n) is 4.99. The summed E-state index contributed by atoms with van der Waals surface area (Å²) in [5.41, 5.74) is 2.55. The Bertz CT molecular complexity index is 918. The molecule has 1 amide bonds. The first kappa shape index (κ1) is 20.4. The van der Waals surface area contributed by atoms with Crippen molar-refractivity contribution in [2.24, 2.45) is 0 Å². The van der Waals surface area contributed by atoms with Gasteiger partial charge < -0.3 is 10.2 Å². The molecule has 1 fully saturated rings. The van der Waals surface area contributed by atoms with Crippen LogP contribution in [0, 0.1) is 0 Å². The standard InChI is InChI=1S/C21H27N3O3S/c1-23(2)28(26,27)20-8-6-7-18(15-20)21(25)22-16-17-9-11-19(12-10-17)24-13-4-3-5-14-24/h6-12,15H,3-5,13-14,16H2,1-2H3,(H,22,25).